The Bertz CT molecular complexity index is 450. The summed E-state index contributed by atoms with van der Waals surface area (Å²) in [4.78, 5) is 10.6. The average molecular weight is 312 g/mol. The molecule has 0 fully saturated rings. The number of hydrogen-bond donors (Lipinski definition) is 2. The van der Waals surface area contributed by atoms with E-state index >= 15 is 0 Å². The summed E-state index contributed by atoms with van der Waals surface area (Å²) >= 11 is 0. The Morgan fingerprint density at radius 3 is 2.23 bits per heavy atom. The van der Waals surface area contributed by atoms with Crippen LogP contribution in [0, 0.1) is 0 Å². The molecule has 1 aromatic rings. The molecule has 6 heteroatoms. The molecule has 0 radical (unpaired) electrons. The van der Waals surface area contributed by atoms with Crippen molar-refractivity contribution in [3.05, 3.63) is 23.8 Å². The van der Waals surface area contributed by atoms with Crippen molar-refractivity contribution in [3.63, 3.8) is 0 Å². The van der Waals surface area contributed by atoms with Crippen molar-refractivity contribution in [2.75, 3.05) is 13.2 Å². The van der Waals surface area contributed by atoms with Gasteiger partial charge in [0.2, 0.25) is 0 Å². The predicted molar refractivity (Wildman–Crippen MR) is 81.2 cm³/mol. The van der Waals surface area contributed by atoms with Crippen LogP contribution in [0.3, 0.4) is 0 Å². The molecule has 0 amide bonds. The van der Waals surface area contributed by atoms with Crippen molar-refractivity contribution in [1.29, 1.82) is 0 Å². The van der Waals surface area contributed by atoms with Gasteiger partial charge < -0.3 is 24.4 Å². The molecule has 2 N–H and O–H groups in total. The Kier molecular flexibility index (Phi) is 8.32. The SMILES string of the molecule is CCCCOC(OCCCC)c1cccc(OC(=O)O)c1O. The fraction of sp³-hybridized carbons (Fsp3) is 0.562. The number of unbranched alkanes of at least 4 members (excludes halogenated alkanes) is 2. The van der Waals surface area contributed by atoms with Crippen molar-refractivity contribution >= 4 is 6.16 Å². The van der Waals surface area contributed by atoms with Crippen LogP contribution in [0.2, 0.25) is 0 Å². The number of carbonyl (C=O) groups is 1. The van der Waals surface area contributed by atoms with E-state index in [4.69, 9.17) is 14.6 Å². The standard InChI is InChI=1S/C16H24O6/c1-3-5-10-20-15(21-11-6-4-2)12-8-7-9-13(14(12)17)22-16(18)19/h7-9,15,17H,3-6,10-11H2,1-2H3,(H,18,19). The van der Waals surface area contributed by atoms with Gasteiger partial charge in [-0.15, -0.1) is 0 Å². The van der Waals surface area contributed by atoms with E-state index in [0.29, 0.717) is 18.8 Å². The number of phenols is 1. The van der Waals surface area contributed by atoms with Crippen LogP contribution in [0.15, 0.2) is 18.2 Å². The van der Waals surface area contributed by atoms with Gasteiger partial charge in [-0.1, -0.05) is 32.8 Å². The first-order valence-corrected chi connectivity index (χ1v) is 7.56. The van der Waals surface area contributed by atoms with Crippen LogP contribution in [-0.4, -0.2) is 29.6 Å². The number of phenolic OH excluding ortho intramolecular Hbond substituents is 1. The minimum atomic E-state index is -1.48. The lowest BCUT2D eigenvalue weighted by molar-refractivity contribution is -0.148. The number of hydrogen-bond acceptors (Lipinski definition) is 5. The highest BCUT2D eigenvalue weighted by Gasteiger charge is 2.20. The summed E-state index contributed by atoms with van der Waals surface area (Å²) in [5, 5.41) is 18.8. The lowest BCUT2D eigenvalue weighted by Crippen LogP contribution is -2.12. The van der Waals surface area contributed by atoms with Gasteiger partial charge >= 0.3 is 6.16 Å². The molecule has 0 unspecified atom stereocenters. The van der Waals surface area contributed by atoms with Gasteiger partial charge in [-0.3, -0.25) is 0 Å². The molecule has 124 valence electrons. The summed E-state index contributed by atoms with van der Waals surface area (Å²) in [5.41, 5.74) is 0.367. The Morgan fingerprint density at radius 1 is 1.14 bits per heavy atom. The number of benzene rings is 1. The van der Waals surface area contributed by atoms with Crippen LogP contribution in [-0.2, 0) is 9.47 Å². The number of ether oxygens (including phenoxy) is 3. The Morgan fingerprint density at radius 2 is 1.73 bits per heavy atom. The highest BCUT2D eigenvalue weighted by Crippen LogP contribution is 2.36. The maximum atomic E-state index is 10.6. The molecule has 0 saturated carbocycles. The van der Waals surface area contributed by atoms with Gasteiger partial charge in [0.25, 0.3) is 0 Å². The van der Waals surface area contributed by atoms with Crippen molar-refractivity contribution in [1.82, 2.24) is 0 Å². The lowest BCUT2D eigenvalue weighted by atomic mass is 10.1. The first-order chi connectivity index (χ1) is 10.6. The number of rotatable bonds is 10. The molecule has 0 saturated heterocycles. The maximum Gasteiger partial charge on any atom is 0.511 e. The van der Waals surface area contributed by atoms with E-state index in [1.54, 1.807) is 12.1 Å². The molecule has 0 heterocycles. The molecular formula is C16H24O6. The second-order valence-electron chi connectivity index (χ2n) is 4.84. The summed E-state index contributed by atoms with van der Waals surface area (Å²) in [6, 6.07) is 4.60. The third kappa shape index (κ3) is 5.91. The van der Waals surface area contributed by atoms with Gasteiger partial charge in [-0.05, 0) is 25.0 Å². The van der Waals surface area contributed by atoms with Gasteiger partial charge in [-0.25, -0.2) is 4.79 Å². The molecule has 1 aromatic carbocycles. The second kappa shape index (κ2) is 10.0. The average Bonchev–Trinajstić information content (AvgIpc) is 2.48. The molecule has 0 aromatic heterocycles. The van der Waals surface area contributed by atoms with E-state index in [-0.39, 0.29) is 11.5 Å². The molecule has 0 aliphatic heterocycles. The quantitative estimate of drug-likeness (QED) is 0.293. The van der Waals surface area contributed by atoms with E-state index in [1.807, 2.05) is 0 Å². The largest absolute Gasteiger partial charge is 0.511 e. The van der Waals surface area contributed by atoms with Crippen LogP contribution in [0.25, 0.3) is 0 Å². The van der Waals surface area contributed by atoms with Crippen molar-refractivity contribution < 1.29 is 29.2 Å². The Balaban J connectivity index is 2.88. The molecule has 1 rings (SSSR count). The first kappa shape index (κ1) is 18.3. The molecule has 0 bridgehead atoms. The van der Waals surface area contributed by atoms with Crippen LogP contribution in [0.1, 0.15) is 51.4 Å². The summed E-state index contributed by atoms with van der Waals surface area (Å²) in [5.74, 6) is -0.406. The molecule has 0 aliphatic carbocycles. The molecule has 22 heavy (non-hydrogen) atoms. The van der Waals surface area contributed by atoms with E-state index in [9.17, 15) is 9.90 Å². The normalized spacial score (nSPS) is 10.9. The Hall–Kier alpha value is -1.79. The van der Waals surface area contributed by atoms with Gasteiger partial charge in [0.15, 0.2) is 17.8 Å². The minimum absolute atomic E-state index is 0.131. The zero-order valence-electron chi connectivity index (χ0n) is 13.1. The highest BCUT2D eigenvalue weighted by atomic mass is 16.7. The molecule has 0 spiro atoms. The summed E-state index contributed by atoms with van der Waals surface area (Å²) < 4.78 is 15.9. The molecular weight excluding hydrogens is 288 g/mol. The summed E-state index contributed by atoms with van der Waals surface area (Å²) in [7, 11) is 0. The van der Waals surface area contributed by atoms with Gasteiger partial charge in [0.05, 0.1) is 18.8 Å². The topological polar surface area (TPSA) is 85.2 Å². The Labute approximate surface area is 130 Å². The minimum Gasteiger partial charge on any atom is -0.504 e. The van der Waals surface area contributed by atoms with Crippen molar-refractivity contribution in [3.8, 4) is 11.5 Å². The lowest BCUT2D eigenvalue weighted by Gasteiger charge is -2.20. The van der Waals surface area contributed by atoms with Gasteiger partial charge in [0, 0.05) is 0 Å². The maximum absolute atomic E-state index is 10.6. The van der Waals surface area contributed by atoms with E-state index < -0.39 is 12.4 Å². The third-order valence-electron chi connectivity index (χ3n) is 3.02. The number of carboxylic acid groups (broad SMARTS) is 1. The van der Waals surface area contributed by atoms with Crippen molar-refractivity contribution in [2.24, 2.45) is 0 Å². The number of para-hydroxylation sites is 1. The molecule has 0 aliphatic rings. The fourth-order valence-corrected chi connectivity index (χ4v) is 1.80. The fourth-order valence-electron chi connectivity index (χ4n) is 1.80. The zero-order valence-corrected chi connectivity index (χ0v) is 13.1. The van der Waals surface area contributed by atoms with Gasteiger partial charge in [0.1, 0.15) is 0 Å². The smallest absolute Gasteiger partial charge is 0.504 e. The number of aromatic hydroxyl groups is 1. The van der Waals surface area contributed by atoms with Crippen LogP contribution >= 0.6 is 0 Å². The molecule has 0 atom stereocenters. The van der Waals surface area contributed by atoms with E-state index in [1.165, 1.54) is 6.07 Å². The van der Waals surface area contributed by atoms with E-state index in [2.05, 4.69) is 18.6 Å². The van der Waals surface area contributed by atoms with E-state index in [0.717, 1.165) is 25.7 Å². The van der Waals surface area contributed by atoms with Crippen LogP contribution < -0.4 is 4.74 Å². The van der Waals surface area contributed by atoms with Crippen LogP contribution in [0.5, 0.6) is 11.5 Å². The van der Waals surface area contributed by atoms with Gasteiger partial charge in [-0.2, -0.15) is 0 Å². The molecule has 6 nitrogen and oxygen atoms in total. The second-order valence-corrected chi connectivity index (χ2v) is 4.84. The van der Waals surface area contributed by atoms with Crippen LogP contribution in [0.4, 0.5) is 4.79 Å². The summed E-state index contributed by atoms with van der Waals surface area (Å²) in [6.07, 6.45) is 1.49. The zero-order chi connectivity index (χ0) is 16.4. The first-order valence-electron chi connectivity index (χ1n) is 7.56. The third-order valence-corrected chi connectivity index (χ3v) is 3.02. The highest BCUT2D eigenvalue weighted by molar-refractivity contribution is 5.63. The monoisotopic (exact) mass is 312 g/mol. The predicted octanol–water partition coefficient (Wildman–Crippen LogP) is 4.08. The summed E-state index contributed by atoms with van der Waals surface area (Å²) in [6.45, 7) is 5.09. The van der Waals surface area contributed by atoms with Crippen molar-refractivity contribution in [2.45, 2.75) is 45.8 Å².